The number of nitrogens with one attached hydrogen (secondary N) is 1. The van der Waals surface area contributed by atoms with E-state index >= 15 is 0 Å². The molecule has 130 valence electrons. The molecule has 1 aliphatic rings. The van der Waals surface area contributed by atoms with E-state index in [9.17, 15) is 14.7 Å². The molecular weight excluding hydrogens is 316 g/mol. The van der Waals surface area contributed by atoms with Crippen LogP contribution in [0.25, 0.3) is 0 Å². The van der Waals surface area contributed by atoms with Crippen LogP contribution in [-0.2, 0) is 11.2 Å². The summed E-state index contributed by atoms with van der Waals surface area (Å²) >= 11 is 0. The number of ketones is 1. The molecule has 0 radical (unpaired) electrons. The average Bonchev–Trinajstić information content (AvgIpc) is 2.66. The SMILES string of the molecule is O=C(CN1CCc2ccccc2C1CO)NCC(=O)c1ccccc1. The number of Topliss-reactive ketones (excluding diaryl/α,β-unsaturated/α-hetero) is 1. The van der Waals surface area contributed by atoms with Crippen LogP contribution in [-0.4, -0.2) is 47.9 Å². The lowest BCUT2D eigenvalue weighted by Crippen LogP contribution is -2.44. The van der Waals surface area contributed by atoms with Crippen molar-refractivity contribution in [2.75, 3.05) is 26.2 Å². The number of aliphatic hydroxyl groups excluding tert-OH is 1. The van der Waals surface area contributed by atoms with Crippen molar-refractivity contribution in [2.45, 2.75) is 12.5 Å². The van der Waals surface area contributed by atoms with E-state index in [0.29, 0.717) is 12.1 Å². The van der Waals surface area contributed by atoms with Gasteiger partial charge < -0.3 is 10.4 Å². The molecule has 2 aromatic carbocycles. The van der Waals surface area contributed by atoms with Gasteiger partial charge in [0.15, 0.2) is 5.78 Å². The zero-order valence-electron chi connectivity index (χ0n) is 14.0. The summed E-state index contributed by atoms with van der Waals surface area (Å²) in [5.74, 6) is -0.321. The van der Waals surface area contributed by atoms with Gasteiger partial charge in [0.25, 0.3) is 0 Å². The Hall–Kier alpha value is -2.50. The van der Waals surface area contributed by atoms with Gasteiger partial charge in [-0.05, 0) is 17.5 Å². The molecule has 1 heterocycles. The number of carbonyl (C=O) groups is 2. The Balaban J connectivity index is 1.57. The van der Waals surface area contributed by atoms with Gasteiger partial charge in [-0.2, -0.15) is 0 Å². The minimum absolute atomic E-state index is 0.0168. The van der Waals surface area contributed by atoms with E-state index in [4.69, 9.17) is 0 Å². The first-order valence-electron chi connectivity index (χ1n) is 8.46. The van der Waals surface area contributed by atoms with E-state index in [0.717, 1.165) is 12.0 Å². The van der Waals surface area contributed by atoms with Crippen LogP contribution in [0.4, 0.5) is 0 Å². The van der Waals surface area contributed by atoms with Gasteiger partial charge >= 0.3 is 0 Å². The summed E-state index contributed by atoms with van der Waals surface area (Å²) < 4.78 is 0. The number of aliphatic hydroxyl groups is 1. The third-order valence-corrected chi connectivity index (χ3v) is 4.58. The Kier molecular flexibility index (Phi) is 5.58. The molecule has 1 atom stereocenters. The summed E-state index contributed by atoms with van der Waals surface area (Å²) in [6, 6.07) is 16.7. The molecule has 1 aliphatic heterocycles. The highest BCUT2D eigenvalue weighted by Gasteiger charge is 2.27. The average molecular weight is 338 g/mol. The summed E-state index contributed by atoms with van der Waals surface area (Å²) in [5.41, 5.74) is 2.88. The van der Waals surface area contributed by atoms with E-state index in [2.05, 4.69) is 11.4 Å². The summed E-state index contributed by atoms with van der Waals surface area (Å²) in [6.45, 7) is 0.828. The molecule has 1 unspecified atom stereocenters. The van der Waals surface area contributed by atoms with Crippen LogP contribution in [0.15, 0.2) is 54.6 Å². The first-order valence-corrected chi connectivity index (χ1v) is 8.46. The van der Waals surface area contributed by atoms with E-state index in [1.54, 1.807) is 24.3 Å². The van der Waals surface area contributed by atoms with Crippen molar-refractivity contribution in [3.05, 3.63) is 71.3 Å². The smallest absolute Gasteiger partial charge is 0.234 e. The minimum atomic E-state index is -0.206. The normalized spacial score (nSPS) is 16.9. The topological polar surface area (TPSA) is 69.6 Å². The molecule has 0 bridgehead atoms. The second-order valence-corrected chi connectivity index (χ2v) is 6.18. The summed E-state index contributed by atoms with van der Waals surface area (Å²) in [4.78, 5) is 26.3. The Morgan fingerprint density at radius 3 is 2.56 bits per heavy atom. The Morgan fingerprint density at radius 1 is 1.08 bits per heavy atom. The monoisotopic (exact) mass is 338 g/mol. The number of amides is 1. The van der Waals surface area contributed by atoms with Gasteiger partial charge in [-0.25, -0.2) is 0 Å². The predicted molar refractivity (Wildman–Crippen MR) is 95.3 cm³/mol. The summed E-state index contributed by atoms with van der Waals surface area (Å²) in [6.07, 6.45) is 0.850. The van der Waals surface area contributed by atoms with Gasteiger partial charge in [0, 0.05) is 12.1 Å². The molecule has 5 heteroatoms. The standard InChI is InChI=1S/C20H22N2O3/c23-14-18-17-9-5-4-6-15(17)10-11-22(18)13-20(25)21-12-19(24)16-7-2-1-3-8-16/h1-9,18,23H,10-14H2,(H,21,25). The van der Waals surface area contributed by atoms with Crippen LogP contribution < -0.4 is 5.32 Å². The molecule has 0 saturated heterocycles. The Labute approximate surface area is 147 Å². The maximum absolute atomic E-state index is 12.2. The van der Waals surface area contributed by atoms with Gasteiger partial charge in [0.1, 0.15) is 0 Å². The first-order chi connectivity index (χ1) is 12.2. The van der Waals surface area contributed by atoms with Crippen LogP contribution >= 0.6 is 0 Å². The fraction of sp³-hybridized carbons (Fsp3) is 0.300. The lowest BCUT2D eigenvalue weighted by molar-refractivity contribution is -0.123. The molecule has 0 aromatic heterocycles. The van der Waals surface area contributed by atoms with Crippen LogP contribution in [0.2, 0.25) is 0 Å². The van der Waals surface area contributed by atoms with Crippen LogP contribution in [0.3, 0.4) is 0 Å². The molecule has 3 rings (SSSR count). The molecule has 25 heavy (non-hydrogen) atoms. The molecule has 1 amide bonds. The Morgan fingerprint density at radius 2 is 1.80 bits per heavy atom. The van der Waals surface area contributed by atoms with Gasteiger partial charge in [0.05, 0.1) is 25.7 Å². The predicted octanol–water partition coefficient (Wildman–Crippen LogP) is 1.58. The van der Waals surface area contributed by atoms with Crippen LogP contribution in [0.5, 0.6) is 0 Å². The number of rotatable bonds is 6. The number of nitrogens with zero attached hydrogens (tertiary/aromatic N) is 1. The third-order valence-electron chi connectivity index (χ3n) is 4.58. The molecule has 2 aromatic rings. The number of hydrogen-bond donors (Lipinski definition) is 2. The highest BCUT2D eigenvalue weighted by molar-refractivity contribution is 5.99. The van der Waals surface area contributed by atoms with Crippen molar-refractivity contribution < 1.29 is 14.7 Å². The number of hydrogen-bond acceptors (Lipinski definition) is 4. The maximum Gasteiger partial charge on any atom is 0.234 e. The van der Waals surface area contributed by atoms with Crippen molar-refractivity contribution >= 4 is 11.7 Å². The molecule has 0 saturated carbocycles. The quantitative estimate of drug-likeness (QED) is 0.785. The third kappa shape index (κ3) is 4.13. The summed E-state index contributed by atoms with van der Waals surface area (Å²) in [7, 11) is 0. The van der Waals surface area contributed by atoms with E-state index < -0.39 is 0 Å². The van der Waals surface area contributed by atoms with E-state index in [1.165, 1.54) is 5.56 Å². The highest BCUT2D eigenvalue weighted by Crippen LogP contribution is 2.28. The van der Waals surface area contributed by atoms with Crippen LogP contribution in [0, 0.1) is 0 Å². The second kappa shape index (κ2) is 8.05. The zero-order chi connectivity index (χ0) is 17.6. The molecule has 0 spiro atoms. The zero-order valence-corrected chi connectivity index (χ0v) is 14.0. The lowest BCUT2D eigenvalue weighted by Gasteiger charge is -2.35. The maximum atomic E-state index is 12.2. The highest BCUT2D eigenvalue weighted by atomic mass is 16.3. The fourth-order valence-electron chi connectivity index (χ4n) is 3.25. The molecule has 0 fully saturated rings. The van der Waals surface area contributed by atoms with Crippen molar-refractivity contribution in [3.8, 4) is 0 Å². The van der Waals surface area contributed by atoms with Gasteiger partial charge in [0.2, 0.25) is 5.91 Å². The fourth-order valence-corrected chi connectivity index (χ4v) is 3.25. The van der Waals surface area contributed by atoms with Crippen molar-refractivity contribution in [1.82, 2.24) is 10.2 Å². The van der Waals surface area contributed by atoms with Crippen molar-refractivity contribution in [2.24, 2.45) is 0 Å². The first kappa shape index (κ1) is 17.3. The molecule has 2 N–H and O–H groups in total. The van der Waals surface area contributed by atoms with Gasteiger partial charge in [-0.1, -0.05) is 54.6 Å². The Bertz CT molecular complexity index is 746. The lowest BCUT2D eigenvalue weighted by atomic mass is 9.93. The molecular formula is C20H22N2O3. The number of fused-ring (bicyclic) bond motifs is 1. The van der Waals surface area contributed by atoms with Gasteiger partial charge in [-0.3, -0.25) is 14.5 Å². The van der Waals surface area contributed by atoms with Gasteiger partial charge in [-0.15, -0.1) is 0 Å². The molecule has 0 aliphatic carbocycles. The minimum Gasteiger partial charge on any atom is -0.394 e. The van der Waals surface area contributed by atoms with Crippen LogP contribution in [0.1, 0.15) is 27.5 Å². The van der Waals surface area contributed by atoms with E-state index in [1.807, 2.05) is 29.2 Å². The molecule has 5 nitrogen and oxygen atoms in total. The van der Waals surface area contributed by atoms with Crippen molar-refractivity contribution in [1.29, 1.82) is 0 Å². The largest absolute Gasteiger partial charge is 0.394 e. The second-order valence-electron chi connectivity index (χ2n) is 6.18. The number of carbonyl (C=O) groups excluding carboxylic acids is 2. The number of benzene rings is 2. The summed E-state index contributed by atoms with van der Waals surface area (Å²) in [5, 5.41) is 12.4. The van der Waals surface area contributed by atoms with E-state index in [-0.39, 0.29) is 37.4 Å². The van der Waals surface area contributed by atoms with Crippen molar-refractivity contribution in [3.63, 3.8) is 0 Å².